The van der Waals surface area contributed by atoms with Crippen LogP contribution in [0.2, 0.25) is 39.3 Å². The van der Waals surface area contributed by atoms with Crippen LogP contribution < -0.4 is 0 Å². The number of hydrogen-bond donors (Lipinski definition) is 0. The van der Waals surface area contributed by atoms with Crippen molar-refractivity contribution in [1.82, 2.24) is 0 Å². The van der Waals surface area contributed by atoms with Gasteiger partial charge in [-0.15, -0.1) is 0 Å². The van der Waals surface area contributed by atoms with E-state index < -0.39 is 28.6 Å². The summed E-state index contributed by atoms with van der Waals surface area (Å²) in [5, 5.41) is 3.28. The van der Waals surface area contributed by atoms with Crippen LogP contribution in [0.5, 0.6) is 0 Å². The highest BCUT2D eigenvalue weighted by Crippen LogP contribution is 2.21. The van der Waals surface area contributed by atoms with Crippen LogP contribution in [0.3, 0.4) is 0 Å². The summed E-state index contributed by atoms with van der Waals surface area (Å²) in [7, 11) is -3.94. The van der Waals surface area contributed by atoms with E-state index in [0.29, 0.717) is 11.1 Å². The lowest BCUT2D eigenvalue weighted by atomic mass is 10.2. The summed E-state index contributed by atoms with van der Waals surface area (Å²) >= 11 is 1.30. The normalized spacial score (nSPS) is 12.1. The first-order chi connectivity index (χ1) is 8.49. The van der Waals surface area contributed by atoms with E-state index in [1.807, 2.05) is 39.3 Å². The van der Waals surface area contributed by atoms with Crippen molar-refractivity contribution < 1.29 is 18.4 Å². The zero-order valence-corrected chi connectivity index (χ0v) is 15.0. The fourth-order valence-corrected chi connectivity index (χ4v) is 3.40. The molecule has 0 fully saturated rings. The highest BCUT2D eigenvalue weighted by Gasteiger charge is 2.28. The molecule has 1 rings (SSSR count). The van der Waals surface area contributed by atoms with Crippen molar-refractivity contribution in [3.05, 3.63) is 21.9 Å². The Labute approximate surface area is 120 Å². The number of rotatable bonds is 4. The third-order valence-corrected chi connectivity index (χ3v) is 4.24. The van der Waals surface area contributed by atoms with E-state index in [9.17, 15) is 9.59 Å². The van der Waals surface area contributed by atoms with Gasteiger partial charge in [0.2, 0.25) is 16.6 Å². The maximum absolute atomic E-state index is 12.0. The summed E-state index contributed by atoms with van der Waals surface area (Å²) in [6, 6.07) is 0. The molecule has 0 N–H and O–H groups in total. The molecule has 0 radical (unpaired) electrons. The molecule has 0 spiro atoms. The quantitative estimate of drug-likeness (QED) is 0.794. The van der Waals surface area contributed by atoms with Crippen LogP contribution in [0.4, 0.5) is 0 Å². The van der Waals surface area contributed by atoms with Gasteiger partial charge in [0, 0.05) is 10.8 Å². The molecule has 0 bridgehead atoms. The fourth-order valence-electron chi connectivity index (χ4n) is 1.28. The summed E-state index contributed by atoms with van der Waals surface area (Å²) in [4.78, 5) is 24.1. The number of thiophene rings is 1. The van der Waals surface area contributed by atoms with Gasteiger partial charge in [-0.2, -0.15) is 11.3 Å². The van der Waals surface area contributed by atoms with Crippen LogP contribution in [-0.4, -0.2) is 28.6 Å². The van der Waals surface area contributed by atoms with Gasteiger partial charge >= 0.3 is 11.9 Å². The second-order valence-corrected chi connectivity index (χ2v) is 15.8. The van der Waals surface area contributed by atoms with E-state index in [-0.39, 0.29) is 0 Å². The van der Waals surface area contributed by atoms with Gasteiger partial charge in [0.05, 0.1) is 11.1 Å². The minimum atomic E-state index is -1.97. The summed E-state index contributed by atoms with van der Waals surface area (Å²) in [5.74, 6) is -0.856. The highest BCUT2D eigenvalue weighted by atomic mass is 32.1. The maximum atomic E-state index is 12.0. The monoisotopic (exact) mass is 316 g/mol. The van der Waals surface area contributed by atoms with Crippen LogP contribution in [0, 0.1) is 0 Å². The molecule has 0 aliphatic rings. The van der Waals surface area contributed by atoms with E-state index in [2.05, 4.69) is 0 Å². The van der Waals surface area contributed by atoms with Crippen molar-refractivity contribution in [2.75, 3.05) is 0 Å². The fraction of sp³-hybridized carbons (Fsp3) is 0.500. The van der Waals surface area contributed by atoms with Gasteiger partial charge in [-0.05, 0) is 39.3 Å². The second-order valence-electron chi connectivity index (χ2n) is 6.20. The van der Waals surface area contributed by atoms with Crippen LogP contribution in [0.1, 0.15) is 20.7 Å². The largest absolute Gasteiger partial charge is 0.516 e. The van der Waals surface area contributed by atoms with E-state index >= 15 is 0 Å². The molecule has 1 aromatic rings. The van der Waals surface area contributed by atoms with Gasteiger partial charge in [0.15, 0.2) is 0 Å². The zero-order chi connectivity index (χ0) is 14.8. The van der Waals surface area contributed by atoms with Crippen LogP contribution >= 0.6 is 11.3 Å². The van der Waals surface area contributed by atoms with E-state index in [1.54, 1.807) is 10.8 Å². The summed E-state index contributed by atoms with van der Waals surface area (Å²) in [6.07, 6.45) is 0. The summed E-state index contributed by atoms with van der Waals surface area (Å²) in [5.41, 5.74) is 0.631. The van der Waals surface area contributed by atoms with E-state index in [4.69, 9.17) is 8.85 Å². The van der Waals surface area contributed by atoms with Crippen LogP contribution in [0.15, 0.2) is 10.8 Å². The molecule has 1 heterocycles. The van der Waals surface area contributed by atoms with Gasteiger partial charge in [0.1, 0.15) is 0 Å². The van der Waals surface area contributed by atoms with Gasteiger partial charge in [-0.1, -0.05) is 0 Å². The van der Waals surface area contributed by atoms with Gasteiger partial charge in [-0.25, -0.2) is 9.59 Å². The number of carbonyl (C=O) groups is 2. The minimum Gasteiger partial charge on any atom is -0.516 e. The Kier molecular flexibility index (Phi) is 4.75. The summed E-state index contributed by atoms with van der Waals surface area (Å²) in [6.45, 7) is 11.6. The molecule has 4 nitrogen and oxygen atoms in total. The molecule has 1 aromatic heterocycles. The maximum Gasteiger partial charge on any atom is 0.326 e. The Morgan fingerprint density at radius 1 is 0.842 bits per heavy atom. The van der Waals surface area contributed by atoms with Crippen molar-refractivity contribution in [1.29, 1.82) is 0 Å². The molecule has 0 saturated carbocycles. The second kappa shape index (κ2) is 5.60. The molecule has 0 aliphatic heterocycles. The first kappa shape index (κ1) is 16.1. The predicted molar refractivity (Wildman–Crippen MR) is 81.8 cm³/mol. The molecule has 19 heavy (non-hydrogen) atoms. The topological polar surface area (TPSA) is 52.6 Å². The highest BCUT2D eigenvalue weighted by molar-refractivity contribution is 7.08. The van der Waals surface area contributed by atoms with Crippen molar-refractivity contribution in [2.45, 2.75) is 39.3 Å². The van der Waals surface area contributed by atoms with Gasteiger partial charge in [0.25, 0.3) is 0 Å². The molecule has 0 aromatic carbocycles. The Morgan fingerprint density at radius 3 is 1.42 bits per heavy atom. The lowest BCUT2D eigenvalue weighted by Crippen LogP contribution is -2.31. The third kappa shape index (κ3) is 5.29. The molecule has 0 unspecified atom stereocenters. The third-order valence-electron chi connectivity index (χ3n) is 1.90. The lowest BCUT2D eigenvalue weighted by molar-refractivity contribution is 0.0681. The van der Waals surface area contributed by atoms with E-state index in [1.165, 1.54) is 11.3 Å². The Hall–Kier alpha value is -0.926. The average molecular weight is 317 g/mol. The number of hydrogen-bond acceptors (Lipinski definition) is 5. The lowest BCUT2D eigenvalue weighted by Gasteiger charge is -2.19. The summed E-state index contributed by atoms with van der Waals surface area (Å²) < 4.78 is 10.8. The molecule has 0 aliphatic carbocycles. The molecule has 106 valence electrons. The number of carbonyl (C=O) groups excluding carboxylic acids is 2. The van der Waals surface area contributed by atoms with Gasteiger partial charge in [-0.3, -0.25) is 0 Å². The predicted octanol–water partition coefficient (Wildman–Crippen LogP) is 3.73. The first-order valence-corrected chi connectivity index (χ1v) is 13.8. The van der Waals surface area contributed by atoms with Crippen molar-refractivity contribution in [3.63, 3.8) is 0 Å². The Bertz CT molecular complexity index is 440. The van der Waals surface area contributed by atoms with Gasteiger partial charge < -0.3 is 8.85 Å². The molecular formula is C12H20O4SSi2. The average Bonchev–Trinajstić information content (AvgIpc) is 2.59. The van der Waals surface area contributed by atoms with Crippen molar-refractivity contribution >= 4 is 39.9 Å². The Morgan fingerprint density at radius 2 is 1.16 bits per heavy atom. The SMILES string of the molecule is C[Si](C)(C)OC(=O)c1cscc1C(=O)O[Si](C)(C)C. The molecular weight excluding hydrogens is 296 g/mol. The minimum absolute atomic E-state index is 0.315. The Balaban J connectivity index is 2.92. The zero-order valence-electron chi connectivity index (χ0n) is 12.2. The molecule has 0 saturated heterocycles. The van der Waals surface area contributed by atoms with Crippen molar-refractivity contribution in [2.24, 2.45) is 0 Å². The van der Waals surface area contributed by atoms with E-state index in [0.717, 1.165) is 0 Å². The van der Waals surface area contributed by atoms with Crippen LogP contribution in [0.25, 0.3) is 0 Å². The van der Waals surface area contributed by atoms with Crippen LogP contribution in [-0.2, 0) is 8.85 Å². The molecule has 7 heteroatoms. The smallest absolute Gasteiger partial charge is 0.326 e. The molecule has 0 amide bonds. The molecule has 0 atom stereocenters. The standard InChI is InChI=1S/C12H20O4SSi2/c1-18(2,3)15-11(13)9-7-17-8-10(9)12(14)16-19(4,5)6/h7-8H,1-6H3. The van der Waals surface area contributed by atoms with Crippen molar-refractivity contribution in [3.8, 4) is 0 Å². The first-order valence-electron chi connectivity index (χ1n) is 6.02.